The maximum Gasteiger partial charge on any atom is 0.258 e. The molecule has 3 aromatic rings. The number of carbonyl (C=O) groups is 2. The van der Waals surface area contributed by atoms with Gasteiger partial charge < -0.3 is 10.1 Å². The first-order valence-electron chi connectivity index (χ1n) is 11.0. The second-order valence-corrected chi connectivity index (χ2v) is 9.28. The number of hydrogen-bond acceptors (Lipinski definition) is 5. The van der Waals surface area contributed by atoms with Gasteiger partial charge in [-0.15, -0.1) is 11.8 Å². The van der Waals surface area contributed by atoms with Crippen LogP contribution in [0.4, 0.5) is 0 Å². The number of aryl methyl sites for hydroxylation is 1. The molecule has 0 aliphatic rings. The number of nitrogens with one attached hydrogen (secondary N) is 2. The predicted molar refractivity (Wildman–Crippen MR) is 137 cm³/mol. The van der Waals surface area contributed by atoms with E-state index in [0.717, 1.165) is 16.0 Å². The Morgan fingerprint density at radius 2 is 1.65 bits per heavy atom. The van der Waals surface area contributed by atoms with Gasteiger partial charge in [0.05, 0.1) is 17.5 Å². The van der Waals surface area contributed by atoms with Crippen molar-refractivity contribution in [3.05, 3.63) is 95.6 Å². The minimum atomic E-state index is -0.272. The van der Waals surface area contributed by atoms with Crippen LogP contribution >= 0.6 is 11.8 Å². The summed E-state index contributed by atoms with van der Waals surface area (Å²) >= 11 is 1.48. The average Bonchev–Trinajstić information content (AvgIpc) is 2.85. The molecule has 2 atom stereocenters. The van der Waals surface area contributed by atoms with Crippen LogP contribution < -0.4 is 15.5 Å². The molecule has 176 valence electrons. The molecular weight excluding hydrogens is 446 g/mol. The number of ether oxygens (including phenoxy) is 1. The lowest BCUT2D eigenvalue weighted by Crippen LogP contribution is -2.31. The Kier molecular flexibility index (Phi) is 9.29. The van der Waals surface area contributed by atoms with Gasteiger partial charge in [0.2, 0.25) is 0 Å². The summed E-state index contributed by atoms with van der Waals surface area (Å²) in [6.45, 7) is 5.74. The number of nitrogens with zero attached hydrogens (tertiary/aromatic N) is 1. The standard InChI is InChI=1S/C27H29N3O3S/c1-19-9-15-25(16-10-19)34-21(3)27(32)30-28-17-22-11-13-24(14-12-22)33-18-26(31)29-20(2)23-7-5-4-6-8-23/h4-17,20-21H,18H2,1-3H3,(H,29,31)(H,30,32)/b28-17-/t20-,21+/m1/s1. The van der Waals surface area contributed by atoms with Crippen LogP contribution in [0.1, 0.15) is 36.6 Å². The first-order chi connectivity index (χ1) is 16.4. The minimum Gasteiger partial charge on any atom is -0.484 e. The van der Waals surface area contributed by atoms with E-state index in [9.17, 15) is 9.59 Å². The number of carbonyl (C=O) groups excluding carboxylic acids is 2. The van der Waals surface area contributed by atoms with E-state index in [1.54, 1.807) is 30.5 Å². The van der Waals surface area contributed by atoms with Crippen molar-refractivity contribution in [1.82, 2.24) is 10.7 Å². The lowest BCUT2D eigenvalue weighted by atomic mass is 10.1. The molecule has 0 bridgehead atoms. The summed E-state index contributed by atoms with van der Waals surface area (Å²) in [5, 5.41) is 6.68. The maximum atomic E-state index is 12.3. The quantitative estimate of drug-likeness (QED) is 0.249. The smallest absolute Gasteiger partial charge is 0.258 e. The number of benzene rings is 3. The third kappa shape index (κ3) is 8.08. The first kappa shape index (κ1) is 25.1. The van der Waals surface area contributed by atoms with E-state index < -0.39 is 0 Å². The summed E-state index contributed by atoms with van der Waals surface area (Å²) in [7, 11) is 0. The fourth-order valence-electron chi connectivity index (χ4n) is 3.04. The Morgan fingerprint density at radius 3 is 2.32 bits per heavy atom. The molecule has 0 saturated heterocycles. The SMILES string of the molecule is Cc1ccc(S[C@@H](C)C(=O)N/N=C\c2ccc(OCC(=O)N[C@H](C)c3ccccc3)cc2)cc1. The summed E-state index contributed by atoms with van der Waals surface area (Å²) in [6.07, 6.45) is 1.57. The monoisotopic (exact) mass is 475 g/mol. The van der Waals surface area contributed by atoms with Gasteiger partial charge in [-0.2, -0.15) is 5.10 Å². The first-order valence-corrected chi connectivity index (χ1v) is 11.9. The van der Waals surface area contributed by atoms with Gasteiger partial charge in [-0.3, -0.25) is 9.59 Å². The highest BCUT2D eigenvalue weighted by Gasteiger charge is 2.13. The van der Waals surface area contributed by atoms with E-state index in [1.165, 1.54) is 17.3 Å². The van der Waals surface area contributed by atoms with Gasteiger partial charge in [0.1, 0.15) is 5.75 Å². The van der Waals surface area contributed by atoms with Crippen LogP contribution in [0.5, 0.6) is 5.75 Å². The lowest BCUT2D eigenvalue weighted by molar-refractivity contribution is -0.123. The van der Waals surface area contributed by atoms with Gasteiger partial charge in [-0.05, 0) is 68.3 Å². The molecule has 0 aromatic heterocycles. The molecule has 2 N–H and O–H groups in total. The molecule has 7 heteroatoms. The third-order valence-electron chi connectivity index (χ3n) is 5.02. The van der Waals surface area contributed by atoms with Crippen LogP contribution in [0.25, 0.3) is 0 Å². The van der Waals surface area contributed by atoms with Crippen LogP contribution in [0.15, 0.2) is 88.9 Å². The van der Waals surface area contributed by atoms with E-state index in [2.05, 4.69) is 15.8 Å². The van der Waals surface area contributed by atoms with E-state index in [-0.39, 0.29) is 29.7 Å². The highest BCUT2D eigenvalue weighted by atomic mass is 32.2. The Labute approximate surface area is 204 Å². The number of hydrazone groups is 1. The minimum absolute atomic E-state index is 0.0722. The fourth-order valence-corrected chi connectivity index (χ4v) is 3.90. The summed E-state index contributed by atoms with van der Waals surface area (Å²) in [4.78, 5) is 25.5. The molecule has 0 fully saturated rings. The zero-order chi connectivity index (χ0) is 24.3. The molecular formula is C27H29N3O3S. The Morgan fingerprint density at radius 1 is 0.971 bits per heavy atom. The van der Waals surface area contributed by atoms with Crippen LogP contribution in [0.2, 0.25) is 0 Å². The van der Waals surface area contributed by atoms with Gasteiger partial charge in [0.15, 0.2) is 6.61 Å². The predicted octanol–water partition coefficient (Wildman–Crippen LogP) is 4.88. The average molecular weight is 476 g/mol. The molecule has 0 heterocycles. The highest BCUT2D eigenvalue weighted by Crippen LogP contribution is 2.23. The summed E-state index contributed by atoms with van der Waals surface area (Å²) < 4.78 is 5.57. The molecule has 34 heavy (non-hydrogen) atoms. The van der Waals surface area contributed by atoms with Crippen molar-refractivity contribution in [3.63, 3.8) is 0 Å². The number of amides is 2. The van der Waals surface area contributed by atoms with Crippen molar-refractivity contribution in [2.75, 3.05) is 6.61 Å². The topological polar surface area (TPSA) is 79.8 Å². The Balaban J connectivity index is 1.41. The van der Waals surface area contributed by atoms with Crippen LogP contribution in [0.3, 0.4) is 0 Å². The number of rotatable bonds is 10. The van der Waals surface area contributed by atoms with Crippen molar-refractivity contribution in [1.29, 1.82) is 0 Å². The Bertz CT molecular complexity index is 1100. The van der Waals surface area contributed by atoms with Gasteiger partial charge >= 0.3 is 0 Å². The molecule has 0 spiro atoms. The second-order valence-electron chi connectivity index (χ2n) is 7.86. The number of thioether (sulfide) groups is 1. The number of hydrogen-bond donors (Lipinski definition) is 2. The van der Waals surface area contributed by atoms with Gasteiger partial charge in [0, 0.05) is 4.90 Å². The fraction of sp³-hybridized carbons (Fsp3) is 0.222. The van der Waals surface area contributed by atoms with E-state index in [0.29, 0.717) is 5.75 Å². The zero-order valence-corrected chi connectivity index (χ0v) is 20.3. The van der Waals surface area contributed by atoms with Gasteiger partial charge in [-0.25, -0.2) is 5.43 Å². The van der Waals surface area contributed by atoms with E-state index in [1.807, 2.05) is 75.4 Å². The Hall–Kier alpha value is -3.58. The molecule has 0 aliphatic heterocycles. The van der Waals surface area contributed by atoms with E-state index >= 15 is 0 Å². The molecule has 0 aliphatic carbocycles. The van der Waals surface area contributed by atoms with Crippen molar-refractivity contribution in [3.8, 4) is 5.75 Å². The molecule has 0 saturated carbocycles. The third-order valence-corrected chi connectivity index (χ3v) is 6.13. The lowest BCUT2D eigenvalue weighted by Gasteiger charge is -2.14. The second kappa shape index (κ2) is 12.6. The largest absolute Gasteiger partial charge is 0.484 e. The maximum absolute atomic E-state index is 12.3. The summed E-state index contributed by atoms with van der Waals surface area (Å²) in [5.41, 5.74) is 5.59. The van der Waals surface area contributed by atoms with Gasteiger partial charge in [-0.1, -0.05) is 48.0 Å². The van der Waals surface area contributed by atoms with Crippen LogP contribution in [0, 0.1) is 6.92 Å². The summed E-state index contributed by atoms with van der Waals surface area (Å²) in [6, 6.07) is 24.8. The zero-order valence-electron chi connectivity index (χ0n) is 19.5. The summed E-state index contributed by atoms with van der Waals surface area (Å²) in [5.74, 6) is 0.215. The molecule has 6 nitrogen and oxygen atoms in total. The van der Waals surface area contributed by atoms with Crippen molar-refractivity contribution < 1.29 is 14.3 Å². The molecule has 3 rings (SSSR count). The normalized spacial score (nSPS) is 12.7. The molecule has 2 amide bonds. The van der Waals surface area contributed by atoms with Crippen LogP contribution in [-0.2, 0) is 9.59 Å². The molecule has 0 unspecified atom stereocenters. The molecule has 0 radical (unpaired) electrons. The van der Waals surface area contributed by atoms with Gasteiger partial charge in [0.25, 0.3) is 11.8 Å². The van der Waals surface area contributed by atoms with Crippen molar-refractivity contribution >= 4 is 29.8 Å². The highest BCUT2D eigenvalue weighted by molar-refractivity contribution is 8.00. The molecule has 3 aromatic carbocycles. The van der Waals surface area contributed by atoms with Crippen molar-refractivity contribution in [2.45, 2.75) is 37.0 Å². The van der Waals surface area contributed by atoms with E-state index in [4.69, 9.17) is 4.74 Å². The van der Waals surface area contributed by atoms with Crippen molar-refractivity contribution in [2.24, 2.45) is 5.10 Å². The van der Waals surface area contributed by atoms with Crippen LogP contribution in [-0.4, -0.2) is 29.9 Å².